The molecule has 2 unspecified atom stereocenters. The minimum atomic E-state index is -4.38. The molecular weight excluding hydrogens is 834 g/mol. The molecule has 1 N–H and O–H groups in total. The van der Waals surface area contributed by atoms with E-state index in [4.69, 9.17) is 18.5 Å². The topological polar surface area (TPSA) is 108 Å². The number of rotatable bonds is 48. The standard InChI is InChI=1S/C55H100NO8P/c1-6-8-10-12-14-16-18-20-21-22-23-24-25-26-27-28-29-30-31-32-33-34-35-36-38-40-42-44-46-48-55(58)64-53(52-63-65(59,60)62-50-49-56(3,4)5)51-61-54(57)47-45-43-41-39-37-19-17-15-13-11-9-7-2/h8,10,14-17,20-21,23-24,53H,6-7,9,11-13,18-19,22,25-52H2,1-5H3/p+1/b10-8-,16-14-,17-15-,21-20-,24-23-. The number of allylic oxidation sites excluding steroid dienone is 10. The Hall–Kier alpha value is -2.29. The summed E-state index contributed by atoms with van der Waals surface area (Å²) in [6, 6.07) is 0. The molecule has 9 nitrogen and oxygen atoms in total. The van der Waals surface area contributed by atoms with Crippen LogP contribution >= 0.6 is 7.82 Å². The molecule has 0 bridgehead atoms. The van der Waals surface area contributed by atoms with Gasteiger partial charge in [-0.2, -0.15) is 0 Å². The second kappa shape index (κ2) is 46.8. The van der Waals surface area contributed by atoms with Gasteiger partial charge in [-0.05, 0) is 77.0 Å². The van der Waals surface area contributed by atoms with Crippen molar-refractivity contribution in [2.24, 2.45) is 0 Å². The molecule has 0 radical (unpaired) electrons. The normalized spacial score (nSPS) is 13.9. The first-order valence-corrected chi connectivity index (χ1v) is 28.0. The Balaban J connectivity index is 4.09. The van der Waals surface area contributed by atoms with Crippen molar-refractivity contribution in [3.63, 3.8) is 0 Å². The lowest BCUT2D eigenvalue weighted by Gasteiger charge is -2.24. The smallest absolute Gasteiger partial charge is 0.462 e. The molecule has 0 saturated heterocycles. The minimum Gasteiger partial charge on any atom is -0.462 e. The summed E-state index contributed by atoms with van der Waals surface area (Å²) in [6.45, 7) is 4.29. The van der Waals surface area contributed by atoms with E-state index in [0.29, 0.717) is 17.4 Å². The number of carbonyl (C=O) groups excluding carboxylic acids is 2. The van der Waals surface area contributed by atoms with Crippen LogP contribution in [0.2, 0.25) is 0 Å². The van der Waals surface area contributed by atoms with Gasteiger partial charge in [0.15, 0.2) is 6.10 Å². The maximum Gasteiger partial charge on any atom is 0.472 e. The number of phosphoric acid groups is 1. The molecule has 0 amide bonds. The lowest BCUT2D eigenvalue weighted by Crippen LogP contribution is -2.37. The molecule has 0 fully saturated rings. The quantitative estimate of drug-likeness (QED) is 0.0211. The molecule has 0 saturated carbocycles. The van der Waals surface area contributed by atoms with Gasteiger partial charge in [-0.25, -0.2) is 4.57 Å². The van der Waals surface area contributed by atoms with Crippen LogP contribution < -0.4 is 0 Å². The van der Waals surface area contributed by atoms with Crippen LogP contribution in [0.1, 0.15) is 226 Å². The van der Waals surface area contributed by atoms with Crippen LogP contribution in [0.3, 0.4) is 0 Å². The lowest BCUT2D eigenvalue weighted by atomic mass is 10.0. The fraction of sp³-hybridized carbons (Fsp3) is 0.782. The van der Waals surface area contributed by atoms with Crippen LogP contribution in [-0.4, -0.2) is 74.9 Å². The third kappa shape index (κ3) is 51.0. The molecule has 0 aromatic carbocycles. The predicted molar refractivity (Wildman–Crippen MR) is 275 cm³/mol. The van der Waals surface area contributed by atoms with Gasteiger partial charge in [-0.3, -0.25) is 18.6 Å². The first-order chi connectivity index (χ1) is 31.5. The number of quaternary nitrogens is 1. The Morgan fingerprint density at radius 2 is 0.877 bits per heavy atom. The zero-order valence-electron chi connectivity index (χ0n) is 42.7. The summed E-state index contributed by atoms with van der Waals surface area (Å²) in [5, 5.41) is 0. The summed E-state index contributed by atoms with van der Waals surface area (Å²) < 4.78 is 34.4. The highest BCUT2D eigenvalue weighted by Gasteiger charge is 2.27. The zero-order valence-corrected chi connectivity index (χ0v) is 43.6. The minimum absolute atomic E-state index is 0.0298. The van der Waals surface area contributed by atoms with E-state index in [1.165, 1.54) is 116 Å². The molecule has 0 aromatic rings. The van der Waals surface area contributed by atoms with Crippen LogP contribution in [0.15, 0.2) is 60.8 Å². The maximum atomic E-state index is 12.8. The van der Waals surface area contributed by atoms with Gasteiger partial charge in [0.05, 0.1) is 27.7 Å². The molecule has 0 heterocycles. The first kappa shape index (κ1) is 62.7. The summed E-state index contributed by atoms with van der Waals surface area (Å²) >= 11 is 0. The van der Waals surface area contributed by atoms with Crippen molar-refractivity contribution in [1.82, 2.24) is 0 Å². The van der Waals surface area contributed by atoms with Gasteiger partial charge in [0, 0.05) is 12.8 Å². The van der Waals surface area contributed by atoms with Crippen LogP contribution in [0.4, 0.5) is 0 Å². The highest BCUT2D eigenvalue weighted by Crippen LogP contribution is 2.43. The van der Waals surface area contributed by atoms with Gasteiger partial charge >= 0.3 is 19.8 Å². The Labute approximate surface area is 400 Å². The van der Waals surface area contributed by atoms with E-state index in [0.717, 1.165) is 77.0 Å². The molecular formula is C55H101NO8P+. The molecule has 0 aliphatic carbocycles. The zero-order chi connectivity index (χ0) is 47.8. The highest BCUT2D eigenvalue weighted by atomic mass is 31.2. The number of hydrogen-bond acceptors (Lipinski definition) is 7. The maximum absolute atomic E-state index is 12.8. The Kier molecular flexibility index (Phi) is 45.2. The molecule has 0 aliphatic rings. The fourth-order valence-electron chi connectivity index (χ4n) is 7.18. The molecule has 0 aliphatic heterocycles. The van der Waals surface area contributed by atoms with Gasteiger partial charge in [0.2, 0.25) is 0 Å². The second-order valence-electron chi connectivity index (χ2n) is 18.9. The number of nitrogens with zero attached hydrogens (tertiary/aromatic N) is 1. The van der Waals surface area contributed by atoms with Crippen LogP contribution in [0.5, 0.6) is 0 Å². The van der Waals surface area contributed by atoms with Crippen molar-refractivity contribution >= 4 is 19.8 Å². The third-order valence-electron chi connectivity index (χ3n) is 11.3. The van der Waals surface area contributed by atoms with Gasteiger partial charge in [0.1, 0.15) is 19.8 Å². The molecule has 2 atom stereocenters. The largest absolute Gasteiger partial charge is 0.472 e. The molecule has 65 heavy (non-hydrogen) atoms. The van der Waals surface area contributed by atoms with Crippen molar-refractivity contribution in [2.45, 2.75) is 232 Å². The molecule has 10 heteroatoms. The first-order valence-electron chi connectivity index (χ1n) is 26.5. The van der Waals surface area contributed by atoms with E-state index in [2.05, 4.69) is 74.6 Å². The number of likely N-dealkylation sites (N-methyl/N-ethyl adjacent to an activating group) is 1. The average molecular weight is 935 g/mol. The number of unbranched alkanes of at least 4 members (excludes halogenated alkanes) is 24. The summed E-state index contributed by atoms with van der Waals surface area (Å²) in [5.74, 6) is -0.805. The number of hydrogen-bond donors (Lipinski definition) is 1. The second-order valence-corrected chi connectivity index (χ2v) is 20.3. The third-order valence-corrected chi connectivity index (χ3v) is 12.3. The Morgan fingerprint density at radius 3 is 1.32 bits per heavy atom. The molecule has 0 rings (SSSR count). The van der Waals surface area contributed by atoms with E-state index in [1.54, 1.807) is 0 Å². The lowest BCUT2D eigenvalue weighted by molar-refractivity contribution is -0.870. The number of esters is 2. The van der Waals surface area contributed by atoms with Crippen molar-refractivity contribution in [1.29, 1.82) is 0 Å². The number of ether oxygens (including phenoxy) is 2. The summed E-state index contributed by atoms with van der Waals surface area (Å²) in [6.07, 6.45) is 58.6. The van der Waals surface area contributed by atoms with Crippen LogP contribution in [-0.2, 0) is 32.7 Å². The van der Waals surface area contributed by atoms with Crippen molar-refractivity contribution in [2.75, 3.05) is 47.5 Å². The SMILES string of the molecule is CC/C=C\C/C=C\C/C=C\C/C=C\CCCCCCCCCCCCCCCCCCC(=O)OC(COC(=O)CCCCCCC/C=C\CCCCC)COP(=O)(O)OCC[N+](C)(C)C. The number of phosphoric ester groups is 1. The van der Waals surface area contributed by atoms with E-state index in [-0.39, 0.29) is 32.0 Å². The fourth-order valence-corrected chi connectivity index (χ4v) is 7.92. The highest BCUT2D eigenvalue weighted by molar-refractivity contribution is 7.47. The Bertz CT molecular complexity index is 1290. The van der Waals surface area contributed by atoms with E-state index < -0.39 is 26.5 Å². The van der Waals surface area contributed by atoms with Crippen molar-refractivity contribution < 1.29 is 42.1 Å². The molecule has 0 spiro atoms. The molecule has 378 valence electrons. The predicted octanol–water partition coefficient (Wildman–Crippen LogP) is 16.0. The van der Waals surface area contributed by atoms with Gasteiger partial charge in [-0.15, -0.1) is 0 Å². The number of carbonyl (C=O) groups is 2. The van der Waals surface area contributed by atoms with E-state index in [9.17, 15) is 19.0 Å². The Morgan fingerprint density at radius 1 is 0.492 bits per heavy atom. The summed E-state index contributed by atoms with van der Waals surface area (Å²) in [7, 11) is 1.47. The van der Waals surface area contributed by atoms with Gasteiger partial charge in [0.25, 0.3) is 0 Å². The average Bonchev–Trinajstić information content (AvgIpc) is 3.26. The summed E-state index contributed by atoms with van der Waals surface area (Å²) in [4.78, 5) is 35.5. The van der Waals surface area contributed by atoms with E-state index >= 15 is 0 Å². The van der Waals surface area contributed by atoms with Crippen LogP contribution in [0.25, 0.3) is 0 Å². The van der Waals surface area contributed by atoms with Gasteiger partial charge in [-0.1, -0.05) is 197 Å². The monoisotopic (exact) mass is 935 g/mol. The van der Waals surface area contributed by atoms with Gasteiger partial charge < -0.3 is 18.9 Å². The van der Waals surface area contributed by atoms with Crippen molar-refractivity contribution in [3.8, 4) is 0 Å². The molecule has 0 aromatic heterocycles. The van der Waals surface area contributed by atoms with Crippen molar-refractivity contribution in [3.05, 3.63) is 60.8 Å². The summed E-state index contributed by atoms with van der Waals surface area (Å²) in [5.41, 5.74) is 0. The van der Waals surface area contributed by atoms with E-state index in [1.807, 2.05) is 21.1 Å². The van der Waals surface area contributed by atoms with Crippen LogP contribution in [0, 0.1) is 0 Å².